The van der Waals surface area contributed by atoms with E-state index in [9.17, 15) is 4.79 Å². The molecule has 0 unspecified atom stereocenters. The van der Waals surface area contributed by atoms with Crippen LogP contribution < -0.4 is 5.32 Å². The average molecular weight is 386 g/mol. The largest absolute Gasteiger partial charge is 0.342 e. The smallest absolute Gasteiger partial charge is 0.250 e. The summed E-state index contributed by atoms with van der Waals surface area (Å²) in [6, 6.07) is 11.4. The fourth-order valence-corrected chi connectivity index (χ4v) is 3.50. The first-order valence-electron chi connectivity index (χ1n) is 8.58. The number of piperidine rings is 1. The molecule has 1 N–H and O–H groups in total. The van der Waals surface area contributed by atoms with Crippen LogP contribution in [0.2, 0.25) is 5.02 Å². The predicted molar refractivity (Wildman–Crippen MR) is 109 cm³/mol. The van der Waals surface area contributed by atoms with Gasteiger partial charge in [0.15, 0.2) is 5.11 Å². The summed E-state index contributed by atoms with van der Waals surface area (Å²) < 4.78 is 0. The lowest BCUT2D eigenvalue weighted by atomic mass is 9.97. The number of benzene rings is 1. The lowest BCUT2D eigenvalue weighted by Gasteiger charge is -2.37. The molecule has 4 nitrogen and oxygen atoms in total. The summed E-state index contributed by atoms with van der Waals surface area (Å²) >= 11 is 11.4. The highest BCUT2D eigenvalue weighted by atomic mass is 35.5. The summed E-state index contributed by atoms with van der Waals surface area (Å²) in [5, 5.41) is 3.94. The van der Waals surface area contributed by atoms with Crippen molar-refractivity contribution in [3.8, 4) is 0 Å². The van der Waals surface area contributed by atoms with Crippen molar-refractivity contribution in [2.24, 2.45) is 0 Å². The Morgan fingerprint density at radius 1 is 1.27 bits per heavy atom. The van der Waals surface area contributed by atoms with Crippen LogP contribution >= 0.6 is 23.8 Å². The third kappa shape index (κ3) is 4.90. The number of likely N-dealkylation sites (tertiary alicyclic amines) is 1. The number of hydrogen-bond donors (Lipinski definition) is 1. The molecule has 2 aromatic rings. The van der Waals surface area contributed by atoms with E-state index in [1.165, 1.54) is 6.08 Å². The number of amides is 1. The number of nitrogens with zero attached hydrogens (tertiary/aromatic N) is 2. The van der Waals surface area contributed by atoms with Crippen molar-refractivity contribution in [1.29, 1.82) is 0 Å². The Kier molecular flexibility index (Phi) is 6.36. The van der Waals surface area contributed by atoms with E-state index < -0.39 is 0 Å². The van der Waals surface area contributed by atoms with Crippen molar-refractivity contribution in [1.82, 2.24) is 15.2 Å². The first kappa shape index (κ1) is 18.5. The van der Waals surface area contributed by atoms with Crippen molar-refractivity contribution < 1.29 is 4.79 Å². The van der Waals surface area contributed by atoms with E-state index in [0.717, 1.165) is 36.9 Å². The van der Waals surface area contributed by atoms with E-state index in [0.29, 0.717) is 10.1 Å². The normalized spacial score (nSPS) is 17.3. The van der Waals surface area contributed by atoms with Crippen LogP contribution in [0.5, 0.6) is 0 Å². The molecular formula is C20H20ClN3OS. The second-order valence-corrected chi connectivity index (χ2v) is 6.99. The van der Waals surface area contributed by atoms with Gasteiger partial charge in [-0.1, -0.05) is 29.8 Å². The molecule has 0 radical (unpaired) electrons. The van der Waals surface area contributed by atoms with Crippen molar-refractivity contribution in [3.05, 3.63) is 71.0 Å². The van der Waals surface area contributed by atoms with E-state index in [1.54, 1.807) is 24.4 Å². The van der Waals surface area contributed by atoms with Crippen LogP contribution in [-0.4, -0.2) is 27.4 Å². The fourth-order valence-electron chi connectivity index (χ4n) is 3.06. The van der Waals surface area contributed by atoms with E-state index in [4.69, 9.17) is 23.8 Å². The van der Waals surface area contributed by atoms with Gasteiger partial charge in [-0.15, -0.1) is 0 Å². The van der Waals surface area contributed by atoms with Gasteiger partial charge in [-0.2, -0.15) is 0 Å². The molecule has 0 spiro atoms. The van der Waals surface area contributed by atoms with Gasteiger partial charge in [0.05, 0.1) is 6.04 Å². The number of rotatable bonds is 3. The van der Waals surface area contributed by atoms with Crippen molar-refractivity contribution >= 4 is 40.9 Å². The third-order valence-corrected chi connectivity index (χ3v) is 4.95. The number of halogens is 1. The molecule has 1 aliphatic rings. The van der Waals surface area contributed by atoms with Gasteiger partial charge in [0.1, 0.15) is 0 Å². The molecule has 26 heavy (non-hydrogen) atoms. The number of thiocarbonyl (C=S) groups is 1. The Morgan fingerprint density at radius 2 is 2.08 bits per heavy atom. The molecular weight excluding hydrogens is 366 g/mol. The van der Waals surface area contributed by atoms with Crippen LogP contribution in [0.3, 0.4) is 0 Å². The summed E-state index contributed by atoms with van der Waals surface area (Å²) in [7, 11) is 0. The van der Waals surface area contributed by atoms with E-state index in [1.807, 2.05) is 24.4 Å². The number of nitrogens with one attached hydrogen (secondary N) is 1. The summed E-state index contributed by atoms with van der Waals surface area (Å²) in [5.74, 6) is -0.236. The van der Waals surface area contributed by atoms with Crippen LogP contribution in [0.1, 0.15) is 36.4 Å². The van der Waals surface area contributed by atoms with Gasteiger partial charge in [-0.25, -0.2) is 0 Å². The number of aromatic nitrogens is 1. The molecule has 1 atom stereocenters. The van der Waals surface area contributed by atoms with Gasteiger partial charge in [-0.05, 0) is 66.9 Å². The molecule has 2 heterocycles. The van der Waals surface area contributed by atoms with Crippen LogP contribution in [0.4, 0.5) is 0 Å². The van der Waals surface area contributed by atoms with Gasteiger partial charge in [0.25, 0.3) is 0 Å². The first-order chi connectivity index (χ1) is 12.6. The number of hydrogen-bond acceptors (Lipinski definition) is 3. The van der Waals surface area contributed by atoms with Gasteiger partial charge in [0, 0.05) is 30.0 Å². The minimum absolute atomic E-state index is 0.158. The lowest BCUT2D eigenvalue weighted by molar-refractivity contribution is -0.115. The highest BCUT2D eigenvalue weighted by Crippen LogP contribution is 2.30. The molecule has 1 fully saturated rings. The minimum atomic E-state index is -0.236. The quantitative estimate of drug-likeness (QED) is 0.629. The predicted octanol–water partition coefficient (Wildman–Crippen LogP) is 4.38. The maximum absolute atomic E-state index is 12.2. The molecule has 3 rings (SSSR count). The Balaban J connectivity index is 1.63. The standard InChI is InChI=1S/C20H20ClN3OS/c21-17-9-6-15(7-10-17)8-11-19(25)23-20(26)24-13-2-1-5-18(24)16-4-3-12-22-14-16/h3-4,6-12,14,18H,1-2,5,13H2,(H,23,25,26)/b11-8+/t18-/m0/s1. The Labute approximate surface area is 163 Å². The second kappa shape index (κ2) is 8.92. The summed E-state index contributed by atoms with van der Waals surface area (Å²) in [5.41, 5.74) is 2.03. The molecule has 1 aromatic heterocycles. The van der Waals surface area contributed by atoms with Gasteiger partial charge in [-0.3, -0.25) is 15.1 Å². The van der Waals surface area contributed by atoms with E-state index in [2.05, 4.69) is 21.3 Å². The number of carbonyl (C=O) groups excluding carboxylic acids is 1. The summed E-state index contributed by atoms with van der Waals surface area (Å²) in [6.07, 6.45) is 10.1. The zero-order valence-electron chi connectivity index (χ0n) is 14.3. The zero-order valence-corrected chi connectivity index (χ0v) is 15.8. The van der Waals surface area contributed by atoms with Gasteiger partial charge in [0.2, 0.25) is 5.91 Å². The first-order valence-corrected chi connectivity index (χ1v) is 9.37. The molecule has 134 valence electrons. The zero-order chi connectivity index (χ0) is 18.4. The van der Waals surface area contributed by atoms with Crippen LogP contribution in [0.15, 0.2) is 54.9 Å². The molecule has 0 saturated carbocycles. The number of pyridine rings is 1. The molecule has 1 aliphatic heterocycles. The fraction of sp³-hybridized carbons (Fsp3) is 0.250. The Bertz CT molecular complexity index is 792. The molecule has 6 heteroatoms. The lowest BCUT2D eigenvalue weighted by Crippen LogP contribution is -2.46. The highest BCUT2D eigenvalue weighted by molar-refractivity contribution is 7.80. The van der Waals surface area contributed by atoms with Gasteiger partial charge >= 0.3 is 0 Å². The summed E-state index contributed by atoms with van der Waals surface area (Å²) in [4.78, 5) is 18.5. The Hall–Kier alpha value is -2.24. The van der Waals surface area contributed by atoms with Crippen LogP contribution in [0.25, 0.3) is 6.08 Å². The minimum Gasteiger partial charge on any atom is -0.342 e. The van der Waals surface area contributed by atoms with Crippen molar-refractivity contribution in [2.75, 3.05) is 6.54 Å². The summed E-state index contributed by atoms with van der Waals surface area (Å²) in [6.45, 7) is 0.833. The molecule has 1 saturated heterocycles. The maximum atomic E-state index is 12.2. The van der Waals surface area contributed by atoms with E-state index >= 15 is 0 Å². The van der Waals surface area contributed by atoms with Crippen molar-refractivity contribution in [3.63, 3.8) is 0 Å². The van der Waals surface area contributed by atoms with Gasteiger partial charge < -0.3 is 4.90 Å². The number of carbonyl (C=O) groups is 1. The maximum Gasteiger partial charge on any atom is 0.250 e. The Morgan fingerprint density at radius 3 is 2.81 bits per heavy atom. The monoisotopic (exact) mass is 385 g/mol. The van der Waals surface area contributed by atoms with Crippen LogP contribution in [-0.2, 0) is 4.79 Å². The topological polar surface area (TPSA) is 45.2 Å². The second-order valence-electron chi connectivity index (χ2n) is 6.17. The third-order valence-electron chi connectivity index (χ3n) is 4.36. The SMILES string of the molecule is O=C(/C=C/c1ccc(Cl)cc1)NC(=S)N1CCCC[C@H]1c1cccnc1. The molecule has 1 amide bonds. The van der Waals surface area contributed by atoms with E-state index in [-0.39, 0.29) is 11.9 Å². The highest BCUT2D eigenvalue weighted by Gasteiger charge is 2.26. The molecule has 1 aromatic carbocycles. The average Bonchev–Trinajstić information content (AvgIpc) is 2.68. The van der Waals surface area contributed by atoms with Crippen LogP contribution in [0, 0.1) is 0 Å². The molecule has 0 aliphatic carbocycles. The van der Waals surface area contributed by atoms with Crippen molar-refractivity contribution in [2.45, 2.75) is 25.3 Å². The molecule has 0 bridgehead atoms.